The summed E-state index contributed by atoms with van der Waals surface area (Å²) >= 11 is 1.06. The van der Waals surface area contributed by atoms with Gasteiger partial charge in [-0.2, -0.15) is 0 Å². The molecule has 1 aliphatic heterocycles. The van der Waals surface area contributed by atoms with Crippen LogP contribution in [-0.4, -0.2) is 68.7 Å². The Hall–Kier alpha value is -3.53. The van der Waals surface area contributed by atoms with Crippen LogP contribution >= 0.6 is 11.8 Å². The van der Waals surface area contributed by atoms with Gasteiger partial charge in [0.25, 0.3) is 0 Å². The number of carbonyl (C=O) groups is 2. The molecule has 15 heteroatoms. The molecular weight excluding hydrogens is 574 g/mol. The van der Waals surface area contributed by atoms with Gasteiger partial charge in [0.2, 0.25) is 0 Å². The van der Waals surface area contributed by atoms with Crippen LogP contribution < -0.4 is 0 Å². The zero-order chi connectivity index (χ0) is 29.8. The summed E-state index contributed by atoms with van der Waals surface area (Å²) in [5.74, 6) is -6.48. The highest BCUT2D eigenvalue weighted by Gasteiger charge is 2.52. The molecule has 10 nitrogen and oxygen atoms in total. The highest BCUT2D eigenvalue weighted by Crippen LogP contribution is 2.41. The summed E-state index contributed by atoms with van der Waals surface area (Å²) in [6, 6.07) is 5.73. The maximum absolute atomic E-state index is 13.9. The van der Waals surface area contributed by atoms with Gasteiger partial charge >= 0.3 is 11.9 Å². The summed E-state index contributed by atoms with van der Waals surface area (Å²) < 4.78 is 78.8. The van der Waals surface area contributed by atoms with Gasteiger partial charge in [0, 0.05) is 24.3 Å². The van der Waals surface area contributed by atoms with Gasteiger partial charge in [-0.05, 0) is 43.3 Å². The smallest absolute Gasteiger partial charge is 0.303 e. The molecule has 1 aromatic heterocycles. The molecule has 1 fully saturated rings. The number of carbonyl (C=O) groups excluding carboxylic acids is 2. The minimum atomic E-state index is -1.66. The average Bonchev–Trinajstić information content (AvgIpc) is 3.38. The number of thioether (sulfide) groups is 1. The van der Waals surface area contributed by atoms with E-state index in [1.165, 1.54) is 42.1 Å². The van der Waals surface area contributed by atoms with Gasteiger partial charge in [0.15, 0.2) is 35.9 Å². The van der Waals surface area contributed by atoms with E-state index in [1.807, 2.05) is 0 Å². The van der Waals surface area contributed by atoms with Crippen molar-refractivity contribution in [3.05, 3.63) is 65.9 Å². The number of benzene rings is 2. The van der Waals surface area contributed by atoms with Gasteiger partial charge in [-0.1, -0.05) is 17.0 Å². The first-order valence-electron chi connectivity index (χ1n) is 12.2. The quantitative estimate of drug-likeness (QED) is 0.168. The largest absolute Gasteiger partial charge is 0.457 e. The lowest BCUT2D eigenvalue weighted by molar-refractivity contribution is -0.221. The molecule has 1 saturated heterocycles. The normalized spacial score (nSPS) is 23.2. The monoisotopic (exact) mass is 599 g/mol. The first-order valence-corrected chi connectivity index (χ1v) is 13.1. The fourth-order valence-corrected chi connectivity index (χ4v) is 5.33. The summed E-state index contributed by atoms with van der Waals surface area (Å²) in [4.78, 5) is 24.9. The minimum Gasteiger partial charge on any atom is -0.457 e. The third-order valence-corrected chi connectivity index (χ3v) is 7.04. The summed E-state index contributed by atoms with van der Waals surface area (Å²) in [5.41, 5.74) is -1.23. The number of hydrogen-bond donors (Lipinski definition) is 1. The Morgan fingerprint density at radius 3 is 2.24 bits per heavy atom. The van der Waals surface area contributed by atoms with E-state index < -0.39 is 71.3 Å². The van der Waals surface area contributed by atoms with Crippen LogP contribution in [0.5, 0.6) is 0 Å². The number of esters is 2. The summed E-state index contributed by atoms with van der Waals surface area (Å²) in [5, 5.41) is 17.7. The van der Waals surface area contributed by atoms with Gasteiger partial charge in [0.05, 0.1) is 12.8 Å². The van der Waals surface area contributed by atoms with E-state index in [0.717, 1.165) is 37.7 Å². The Morgan fingerprint density at radius 1 is 1.05 bits per heavy atom. The van der Waals surface area contributed by atoms with E-state index in [4.69, 9.17) is 18.9 Å². The third-order valence-electron chi connectivity index (χ3n) is 5.88. The second-order valence-corrected chi connectivity index (χ2v) is 10.2. The topological polar surface area (TPSA) is 122 Å². The van der Waals surface area contributed by atoms with Crippen LogP contribution in [0.25, 0.3) is 11.3 Å². The van der Waals surface area contributed by atoms with E-state index in [0.29, 0.717) is 4.90 Å². The van der Waals surface area contributed by atoms with Crippen LogP contribution in [0.4, 0.5) is 17.6 Å². The standard InChI is InChI=1S/C26H25F4N3O7S/c1-12(34)37-11-21-24(38-13(2)35)23(33-10-20(31-32-33)15-8-18(28)22(30)19(29)9-15)25(39-14(3)36)26(40-21)41-17-6-4-16(27)5-7-17/h4-10,12,21,23-26,34H,11H2,1-3H3/t12?,21?,23?,24-,25?,26+/m0/s1. The van der Waals surface area contributed by atoms with Crippen molar-refractivity contribution in [2.24, 2.45) is 0 Å². The maximum Gasteiger partial charge on any atom is 0.303 e. The Balaban J connectivity index is 1.80. The molecule has 0 radical (unpaired) electrons. The van der Waals surface area contributed by atoms with E-state index in [2.05, 4.69) is 10.3 Å². The minimum absolute atomic E-state index is 0.0723. The van der Waals surface area contributed by atoms with Crippen molar-refractivity contribution in [3.63, 3.8) is 0 Å². The molecule has 41 heavy (non-hydrogen) atoms. The lowest BCUT2D eigenvalue weighted by Gasteiger charge is -2.45. The SMILES string of the molecule is CC(=O)OC1C(n2cc(-c3cc(F)c(F)c(F)c3)nn2)[C@@H](OC(C)=O)C(COC(C)O)O[C@@H]1Sc1ccc(F)cc1. The Morgan fingerprint density at radius 2 is 1.66 bits per heavy atom. The van der Waals surface area contributed by atoms with Gasteiger partial charge in [-0.25, -0.2) is 22.2 Å². The zero-order valence-corrected chi connectivity index (χ0v) is 22.7. The summed E-state index contributed by atoms with van der Waals surface area (Å²) in [6.45, 7) is 3.37. The first kappa shape index (κ1) is 30.4. The van der Waals surface area contributed by atoms with Crippen molar-refractivity contribution in [2.75, 3.05) is 6.61 Å². The van der Waals surface area contributed by atoms with E-state index in [-0.39, 0.29) is 17.9 Å². The summed E-state index contributed by atoms with van der Waals surface area (Å²) in [7, 11) is 0. The molecule has 2 aromatic carbocycles. The Bertz CT molecular complexity index is 1370. The number of nitrogens with zero attached hydrogens (tertiary/aromatic N) is 3. The van der Waals surface area contributed by atoms with Crippen LogP contribution in [0.15, 0.2) is 47.5 Å². The predicted octanol–water partition coefficient (Wildman–Crippen LogP) is 3.78. The molecule has 0 aliphatic carbocycles. The molecule has 0 saturated carbocycles. The maximum atomic E-state index is 13.9. The molecule has 0 bridgehead atoms. The number of halogens is 4. The van der Waals surface area contributed by atoms with E-state index in [1.54, 1.807) is 0 Å². The van der Waals surface area contributed by atoms with Gasteiger partial charge in [-0.15, -0.1) is 5.10 Å². The molecule has 1 N–H and O–H groups in total. The van der Waals surface area contributed by atoms with Crippen molar-refractivity contribution in [1.29, 1.82) is 0 Å². The molecule has 220 valence electrons. The molecular formula is C26H25F4N3O7S. The van der Waals surface area contributed by atoms with E-state index in [9.17, 15) is 32.3 Å². The van der Waals surface area contributed by atoms with Crippen LogP contribution in [0, 0.1) is 23.3 Å². The first-order chi connectivity index (χ1) is 19.4. The highest BCUT2D eigenvalue weighted by atomic mass is 32.2. The number of ether oxygens (including phenoxy) is 4. The van der Waals surface area contributed by atoms with Gasteiger partial charge in [0.1, 0.15) is 29.1 Å². The number of aromatic nitrogens is 3. The second kappa shape index (κ2) is 13.0. The average molecular weight is 600 g/mol. The molecule has 1 aliphatic rings. The molecule has 0 amide bonds. The molecule has 6 atom stereocenters. The van der Waals surface area contributed by atoms with Crippen molar-refractivity contribution in [1.82, 2.24) is 15.0 Å². The number of aliphatic hydroxyl groups excluding tert-OH is 1. The predicted molar refractivity (Wildman–Crippen MR) is 134 cm³/mol. The van der Waals surface area contributed by atoms with Crippen molar-refractivity contribution in [2.45, 2.75) is 61.7 Å². The van der Waals surface area contributed by atoms with Crippen LogP contribution in [0.2, 0.25) is 0 Å². The highest BCUT2D eigenvalue weighted by molar-refractivity contribution is 7.99. The molecule has 4 unspecified atom stereocenters. The van der Waals surface area contributed by atoms with Crippen molar-refractivity contribution in [3.8, 4) is 11.3 Å². The van der Waals surface area contributed by atoms with Crippen molar-refractivity contribution >= 4 is 23.7 Å². The van der Waals surface area contributed by atoms with Crippen LogP contribution in [0.3, 0.4) is 0 Å². The lowest BCUT2D eigenvalue weighted by atomic mass is 9.96. The number of rotatable bonds is 9. The fraction of sp³-hybridized carbons (Fsp3) is 0.385. The lowest BCUT2D eigenvalue weighted by Crippen LogP contribution is -2.57. The van der Waals surface area contributed by atoms with Crippen molar-refractivity contribution < 1.29 is 51.2 Å². The Labute approximate surface area is 235 Å². The molecule has 2 heterocycles. The molecule has 3 aromatic rings. The fourth-order valence-electron chi connectivity index (χ4n) is 4.22. The van der Waals surface area contributed by atoms with Gasteiger partial charge in [-0.3, -0.25) is 9.59 Å². The van der Waals surface area contributed by atoms with Crippen LogP contribution in [0.1, 0.15) is 26.8 Å². The number of hydrogen-bond acceptors (Lipinski definition) is 10. The second-order valence-electron chi connectivity index (χ2n) is 9.02. The van der Waals surface area contributed by atoms with Gasteiger partial charge < -0.3 is 24.1 Å². The summed E-state index contributed by atoms with van der Waals surface area (Å²) in [6.07, 6.45) is -3.48. The molecule has 0 spiro atoms. The van der Waals surface area contributed by atoms with Crippen LogP contribution in [-0.2, 0) is 28.5 Å². The zero-order valence-electron chi connectivity index (χ0n) is 21.9. The number of aliphatic hydroxyl groups is 1. The Kier molecular flexibility index (Phi) is 9.63. The molecule has 4 rings (SSSR count). The third kappa shape index (κ3) is 7.41. The van der Waals surface area contributed by atoms with E-state index >= 15 is 0 Å².